The van der Waals surface area contributed by atoms with Crippen LogP contribution in [0.4, 0.5) is 0 Å². The van der Waals surface area contributed by atoms with Gasteiger partial charge in [0.1, 0.15) is 6.10 Å². The van der Waals surface area contributed by atoms with Gasteiger partial charge < -0.3 is 29.6 Å². The maximum atomic E-state index is 13.3. The van der Waals surface area contributed by atoms with E-state index in [1.165, 1.54) is 0 Å². The van der Waals surface area contributed by atoms with Crippen LogP contribution in [0.5, 0.6) is 0 Å². The average molecular weight is 554 g/mol. The van der Waals surface area contributed by atoms with Gasteiger partial charge in [0.25, 0.3) is 11.8 Å². The van der Waals surface area contributed by atoms with Gasteiger partial charge in [0, 0.05) is 27.5 Å². The standard InChI is InChI=1S/C27H21Cl2N3O6/c1-9-14(8-33)38-27(24(35)23(9)34)32-21-11(5-3-7-13(21)29)16-18-17(25(36)31-26(18)37)15-10-4-2-6-12(28)19(10)30-20(15)22(16)32/h2-7,9,14,23-24,27,30,33-35H,8H2,1H3,(H,31,36,37). The molecule has 5 aromatic rings. The number of ether oxygens (including phenoxy) is 1. The Labute approximate surface area is 224 Å². The number of hydrogen-bond acceptors (Lipinski definition) is 6. The second kappa shape index (κ2) is 8.16. The summed E-state index contributed by atoms with van der Waals surface area (Å²) in [5, 5.41) is 37.4. The molecule has 4 heterocycles. The second-order valence-electron chi connectivity index (χ2n) is 9.89. The molecule has 0 aliphatic carbocycles. The normalized spacial score (nSPS) is 25.7. The number of para-hydroxylation sites is 2. The highest BCUT2D eigenvalue weighted by Gasteiger charge is 2.45. The number of nitrogens with zero attached hydrogens (tertiary/aromatic N) is 1. The summed E-state index contributed by atoms with van der Waals surface area (Å²) < 4.78 is 7.85. The van der Waals surface area contributed by atoms with Crippen molar-refractivity contribution in [3.8, 4) is 0 Å². The number of amides is 2. The average Bonchev–Trinajstić information content (AvgIpc) is 3.53. The van der Waals surface area contributed by atoms with Gasteiger partial charge in [-0.3, -0.25) is 14.9 Å². The van der Waals surface area contributed by atoms with Gasteiger partial charge in [-0.05, 0) is 12.1 Å². The summed E-state index contributed by atoms with van der Waals surface area (Å²) in [6, 6.07) is 10.4. The third kappa shape index (κ3) is 2.91. The van der Waals surface area contributed by atoms with Crippen molar-refractivity contribution in [2.24, 2.45) is 5.92 Å². The fraction of sp³-hybridized carbons (Fsp3) is 0.259. The third-order valence-electron chi connectivity index (χ3n) is 7.94. The van der Waals surface area contributed by atoms with Crippen molar-refractivity contribution >= 4 is 78.6 Å². The number of hydrogen-bond donors (Lipinski definition) is 5. The minimum atomic E-state index is -1.39. The number of H-pyrrole nitrogens is 1. The predicted octanol–water partition coefficient (Wildman–Crippen LogP) is 3.87. The third-order valence-corrected chi connectivity index (χ3v) is 8.56. The summed E-state index contributed by atoms with van der Waals surface area (Å²) in [7, 11) is 0. The first kappa shape index (κ1) is 23.9. The van der Waals surface area contributed by atoms with E-state index in [0.717, 1.165) is 0 Å². The fourth-order valence-electron chi connectivity index (χ4n) is 6.13. The number of imide groups is 1. The van der Waals surface area contributed by atoms with Crippen LogP contribution in [0.2, 0.25) is 10.0 Å². The smallest absolute Gasteiger partial charge is 0.259 e. The molecule has 5 N–H and O–H groups in total. The Kier molecular flexibility index (Phi) is 5.13. The first-order valence-electron chi connectivity index (χ1n) is 12.1. The number of carbonyl (C=O) groups is 2. The Morgan fingerprint density at radius 1 is 0.895 bits per heavy atom. The molecule has 0 saturated carbocycles. The first-order chi connectivity index (χ1) is 18.2. The van der Waals surface area contributed by atoms with Crippen molar-refractivity contribution in [2.45, 2.75) is 31.5 Å². The van der Waals surface area contributed by atoms with E-state index in [0.29, 0.717) is 53.7 Å². The zero-order chi connectivity index (χ0) is 26.6. The molecule has 3 aromatic carbocycles. The summed E-state index contributed by atoms with van der Waals surface area (Å²) in [5.41, 5.74) is 2.35. The molecule has 1 fully saturated rings. The molecule has 2 aromatic heterocycles. The van der Waals surface area contributed by atoms with Crippen LogP contribution in [0, 0.1) is 5.92 Å². The van der Waals surface area contributed by atoms with Gasteiger partial charge >= 0.3 is 0 Å². The number of benzene rings is 3. The monoisotopic (exact) mass is 553 g/mol. The Hall–Kier alpha value is -3.18. The molecule has 7 rings (SSSR count). The zero-order valence-corrected chi connectivity index (χ0v) is 21.3. The molecule has 5 unspecified atom stereocenters. The van der Waals surface area contributed by atoms with E-state index in [2.05, 4.69) is 10.3 Å². The molecule has 0 radical (unpaired) electrons. The number of aliphatic hydroxyl groups is 3. The van der Waals surface area contributed by atoms with Crippen LogP contribution in [-0.4, -0.2) is 61.6 Å². The van der Waals surface area contributed by atoms with Gasteiger partial charge in [0.15, 0.2) is 6.23 Å². The Morgan fingerprint density at radius 2 is 1.55 bits per heavy atom. The fourth-order valence-corrected chi connectivity index (χ4v) is 6.62. The van der Waals surface area contributed by atoms with Crippen LogP contribution in [0.3, 0.4) is 0 Å². The molecule has 2 aliphatic rings. The van der Waals surface area contributed by atoms with Crippen LogP contribution in [0.1, 0.15) is 33.9 Å². The number of nitrogens with one attached hydrogen (secondary N) is 2. The summed E-state index contributed by atoms with van der Waals surface area (Å²) >= 11 is 13.3. The summed E-state index contributed by atoms with van der Waals surface area (Å²) in [4.78, 5) is 29.8. The zero-order valence-electron chi connectivity index (χ0n) is 19.8. The van der Waals surface area contributed by atoms with E-state index in [-0.39, 0.29) is 17.7 Å². The van der Waals surface area contributed by atoms with E-state index in [1.807, 2.05) is 0 Å². The molecule has 2 aliphatic heterocycles. The van der Waals surface area contributed by atoms with Crippen LogP contribution < -0.4 is 5.32 Å². The molecular weight excluding hydrogens is 533 g/mol. The van der Waals surface area contributed by atoms with E-state index < -0.39 is 42.3 Å². The van der Waals surface area contributed by atoms with Gasteiger partial charge in [-0.1, -0.05) is 54.4 Å². The number of carbonyl (C=O) groups excluding carboxylic acids is 2. The van der Waals surface area contributed by atoms with Crippen LogP contribution in [0.25, 0.3) is 43.6 Å². The number of fused-ring (bicyclic) bond motifs is 10. The lowest BCUT2D eigenvalue weighted by Crippen LogP contribution is -2.52. The van der Waals surface area contributed by atoms with Gasteiger partial charge in [-0.25, -0.2) is 0 Å². The highest BCUT2D eigenvalue weighted by atomic mass is 35.5. The Morgan fingerprint density at radius 3 is 2.26 bits per heavy atom. The summed E-state index contributed by atoms with van der Waals surface area (Å²) in [6.45, 7) is 1.31. The van der Waals surface area contributed by atoms with E-state index >= 15 is 0 Å². The molecule has 5 atom stereocenters. The molecule has 2 amide bonds. The molecule has 194 valence electrons. The minimum absolute atomic E-state index is 0.183. The predicted molar refractivity (Wildman–Crippen MR) is 143 cm³/mol. The molecule has 38 heavy (non-hydrogen) atoms. The van der Waals surface area contributed by atoms with Crippen LogP contribution >= 0.6 is 23.2 Å². The van der Waals surface area contributed by atoms with Crippen molar-refractivity contribution < 1.29 is 29.6 Å². The van der Waals surface area contributed by atoms with Gasteiger partial charge in [0.2, 0.25) is 0 Å². The van der Waals surface area contributed by atoms with Crippen molar-refractivity contribution in [3.05, 3.63) is 57.6 Å². The lowest BCUT2D eigenvalue weighted by Gasteiger charge is -2.42. The van der Waals surface area contributed by atoms with Crippen LogP contribution in [0.15, 0.2) is 36.4 Å². The first-order valence-corrected chi connectivity index (χ1v) is 12.9. The lowest BCUT2D eigenvalue weighted by atomic mass is 9.90. The largest absolute Gasteiger partial charge is 0.394 e. The SMILES string of the molecule is CC1C(CO)OC(n2c3c(Cl)cccc3c3c4c(c5c6cccc(Cl)c6[nH]c5c32)C(=O)NC4=O)C(O)C1O. The molecule has 9 nitrogen and oxygen atoms in total. The summed E-state index contributed by atoms with van der Waals surface area (Å²) in [5.74, 6) is -1.63. The van der Waals surface area contributed by atoms with Gasteiger partial charge in [0.05, 0.1) is 62.1 Å². The van der Waals surface area contributed by atoms with Crippen molar-refractivity contribution in [2.75, 3.05) is 6.61 Å². The molecular formula is C27H21Cl2N3O6. The highest BCUT2D eigenvalue weighted by Crippen LogP contribution is 2.48. The van der Waals surface area contributed by atoms with Crippen molar-refractivity contribution in [1.29, 1.82) is 0 Å². The van der Waals surface area contributed by atoms with Gasteiger partial charge in [-0.15, -0.1) is 0 Å². The van der Waals surface area contributed by atoms with Gasteiger partial charge in [-0.2, -0.15) is 0 Å². The number of aromatic amines is 1. The molecule has 0 bridgehead atoms. The second-order valence-corrected chi connectivity index (χ2v) is 10.7. The maximum Gasteiger partial charge on any atom is 0.259 e. The summed E-state index contributed by atoms with van der Waals surface area (Å²) in [6.07, 6.45) is -4.57. The minimum Gasteiger partial charge on any atom is -0.394 e. The van der Waals surface area contributed by atoms with Crippen molar-refractivity contribution in [1.82, 2.24) is 14.9 Å². The maximum absolute atomic E-state index is 13.3. The lowest BCUT2D eigenvalue weighted by molar-refractivity contribution is -0.227. The van der Waals surface area contributed by atoms with Crippen molar-refractivity contribution in [3.63, 3.8) is 0 Å². The Bertz CT molecular complexity index is 1860. The quantitative estimate of drug-likeness (QED) is 0.210. The number of halogens is 2. The topological polar surface area (TPSA) is 137 Å². The number of aromatic nitrogens is 2. The van der Waals surface area contributed by atoms with Crippen LogP contribution in [-0.2, 0) is 4.74 Å². The van der Waals surface area contributed by atoms with E-state index in [9.17, 15) is 24.9 Å². The highest BCUT2D eigenvalue weighted by molar-refractivity contribution is 6.43. The van der Waals surface area contributed by atoms with E-state index in [1.54, 1.807) is 47.9 Å². The number of rotatable bonds is 2. The molecule has 0 spiro atoms. The van der Waals surface area contributed by atoms with E-state index in [4.69, 9.17) is 27.9 Å². The number of aliphatic hydroxyl groups excluding tert-OH is 3. The molecule has 1 saturated heterocycles. The Balaban J connectivity index is 1.74. The molecule has 11 heteroatoms.